The molecule has 20 heavy (non-hydrogen) atoms. The minimum absolute atomic E-state index is 0.0773. The van der Waals surface area contributed by atoms with Crippen molar-refractivity contribution >= 4 is 5.97 Å². The van der Waals surface area contributed by atoms with Gasteiger partial charge in [0, 0.05) is 12.1 Å². The van der Waals surface area contributed by atoms with Gasteiger partial charge in [-0.2, -0.15) is 0 Å². The molecule has 0 aromatic carbocycles. The average molecular weight is 277 g/mol. The van der Waals surface area contributed by atoms with Crippen molar-refractivity contribution in [3.05, 3.63) is 0 Å². The average Bonchev–Trinajstić information content (AvgIpc) is 2.42. The molecule has 5 fully saturated rings. The zero-order chi connectivity index (χ0) is 13.7. The smallest absolute Gasteiger partial charge is 0.306 e. The van der Waals surface area contributed by atoms with Crippen LogP contribution in [0.1, 0.15) is 57.8 Å². The van der Waals surface area contributed by atoms with Gasteiger partial charge >= 0.3 is 5.97 Å². The van der Waals surface area contributed by atoms with Gasteiger partial charge in [0.25, 0.3) is 0 Å². The third-order valence-electron chi connectivity index (χ3n) is 6.73. The van der Waals surface area contributed by atoms with E-state index >= 15 is 0 Å². The lowest BCUT2D eigenvalue weighted by atomic mass is 9.54. The van der Waals surface area contributed by atoms with Crippen LogP contribution in [-0.4, -0.2) is 23.2 Å². The van der Waals surface area contributed by atoms with Crippen LogP contribution < -0.4 is 5.32 Å². The first-order valence-corrected chi connectivity index (χ1v) is 8.68. The number of nitrogens with one attached hydrogen (secondary N) is 1. The fourth-order valence-corrected chi connectivity index (χ4v) is 5.98. The van der Waals surface area contributed by atoms with Crippen LogP contribution in [0.4, 0.5) is 0 Å². The highest BCUT2D eigenvalue weighted by molar-refractivity contribution is 5.70. The highest BCUT2D eigenvalue weighted by Crippen LogP contribution is 2.53. The van der Waals surface area contributed by atoms with E-state index in [1.807, 2.05) is 0 Å². The van der Waals surface area contributed by atoms with Crippen molar-refractivity contribution in [2.75, 3.05) is 0 Å². The van der Waals surface area contributed by atoms with Gasteiger partial charge in [-0.3, -0.25) is 4.79 Å². The van der Waals surface area contributed by atoms with Crippen molar-refractivity contribution in [2.24, 2.45) is 29.6 Å². The van der Waals surface area contributed by atoms with E-state index in [2.05, 4.69) is 5.32 Å². The molecule has 0 aromatic heterocycles. The van der Waals surface area contributed by atoms with E-state index in [9.17, 15) is 4.79 Å². The first kappa shape index (κ1) is 13.1. The summed E-state index contributed by atoms with van der Waals surface area (Å²) in [5.74, 6) is 3.29. The summed E-state index contributed by atoms with van der Waals surface area (Å²) in [6.45, 7) is 0. The largest absolute Gasteiger partial charge is 0.481 e. The SMILES string of the molecule is O=C(O)C1CCC(NC2C3CC4CC(C3)CC2C4)CC1. The summed E-state index contributed by atoms with van der Waals surface area (Å²) in [7, 11) is 0. The molecule has 5 saturated carbocycles. The lowest BCUT2D eigenvalue weighted by Crippen LogP contribution is -2.57. The van der Waals surface area contributed by atoms with Crippen molar-refractivity contribution in [1.29, 1.82) is 0 Å². The molecule has 0 saturated heterocycles. The van der Waals surface area contributed by atoms with Crippen molar-refractivity contribution in [3.63, 3.8) is 0 Å². The first-order chi connectivity index (χ1) is 9.69. The number of carbonyl (C=O) groups is 1. The number of hydrogen-bond acceptors (Lipinski definition) is 2. The maximum absolute atomic E-state index is 11.0. The Hall–Kier alpha value is -0.570. The van der Waals surface area contributed by atoms with E-state index in [0.29, 0.717) is 6.04 Å². The molecule has 0 radical (unpaired) electrons. The number of aliphatic carboxylic acids is 1. The summed E-state index contributed by atoms with van der Waals surface area (Å²) < 4.78 is 0. The fourth-order valence-electron chi connectivity index (χ4n) is 5.98. The third kappa shape index (κ3) is 2.28. The van der Waals surface area contributed by atoms with Crippen molar-refractivity contribution in [3.8, 4) is 0 Å². The quantitative estimate of drug-likeness (QED) is 0.833. The zero-order valence-corrected chi connectivity index (χ0v) is 12.3. The summed E-state index contributed by atoms with van der Waals surface area (Å²) in [6, 6.07) is 1.35. The molecule has 0 aliphatic heterocycles. The monoisotopic (exact) mass is 277 g/mol. The van der Waals surface area contributed by atoms with Crippen LogP contribution in [0.25, 0.3) is 0 Å². The van der Waals surface area contributed by atoms with E-state index in [0.717, 1.165) is 55.4 Å². The molecule has 0 aromatic rings. The predicted molar refractivity (Wildman–Crippen MR) is 77.4 cm³/mol. The molecule has 0 heterocycles. The Morgan fingerprint density at radius 2 is 1.40 bits per heavy atom. The van der Waals surface area contributed by atoms with Gasteiger partial charge in [0.2, 0.25) is 0 Å². The van der Waals surface area contributed by atoms with Gasteiger partial charge in [0.1, 0.15) is 0 Å². The Bertz CT molecular complexity index is 358. The van der Waals surface area contributed by atoms with Crippen LogP contribution >= 0.6 is 0 Å². The molecule has 5 aliphatic rings. The Morgan fingerprint density at radius 1 is 0.850 bits per heavy atom. The zero-order valence-electron chi connectivity index (χ0n) is 12.3. The minimum Gasteiger partial charge on any atom is -0.481 e. The molecular formula is C17H27NO2. The Labute approximate surface area is 121 Å². The predicted octanol–water partition coefficient (Wildman–Crippen LogP) is 3.04. The van der Waals surface area contributed by atoms with E-state index in [1.165, 1.54) is 32.1 Å². The Kier molecular flexibility index (Phi) is 3.29. The first-order valence-electron chi connectivity index (χ1n) is 8.68. The molecule has 2 N–H and O–H groups in total. The van der Waals surface area contributed by atoms with Gasteiger partial charge in [-0.1, -0.05) is 0 Å². The summed E-state index contributed by atoms with van der Waals surface area (Å²) in [6.07, 6.45) is 11.3. The molecule has 112 valence electrons. The van der Waals surface area contributed by atoms with Crippen molar-refractivity contribution in [1.82, 2.24) is 5.32 Å². The van der Waals surface area contributed by atoms with E-state index in [4.69, 9.17) is 5.11 Å². The maximum Gasteiger partial charge on any atom is 0.306 e. The summed E-state index contributed by atoms with van der Waals surface area (Å²) in [4.78, 5) is 11.0. The lowest BCUT2D eigenvalue weighted by molar-refractivity contribution is -0.143. The molecule has 3 nitrogen and oxygen atoms in total. The second-order valence-corrected chi connectivity index (χ2v) is 8.01. The summed E-state index contributed by atoms with van der Waals surface area (Å²) >= 11 is 0. The van der Waals surface area contributed by atoms with Gasteiger partial charge in [-0.05, 0) is 81.5 Å². The lowest BCUT2D eigenvalue weighted by Gasteiger charge is -2.55. The second-order valence-electron chi connectivity index (χ2n) is 8.01. The van der Waals surface area contributed by atoms with Gasteiger partial charge < -0.3 is 10.4 Å². The van der Waals surface area contributed by atoms with Crippen molar-refractivity contribution < 1.29 is 9.90 Å². The molecular weight excluding hydrogens is 250 g/mol. The number of carboxylic acid groups (broad SMARTS) is 1. The van der Waals surface area contributed by atoms with Crippen LogP contribution in [0.15, 0.2) is 0 Å². The van der Waals surface area contributed by atoms with Crippen molar-refractivity contribution in [2.45, 2.75) is 69.9 Å². The normalized spacial score (nSPS) is 50.3. The highest BCUT2D eigenvalue weighted by Gasteiger charge is 2.48. The van der Waals surface area contributed by atoms with Crippen LogP contribution in [0, 0.1) is 29.6 Å². The van der Waals surface area contributed by atoms with Gasteiger partial charge in [0.05, 0.1) is 5.92 Å². The molecule has 5 aliphatic carbocycles. The summed E-state index contributed by atoms with van der Waals surface area (Å²) in [5.41, 5.74) is 0. The molecule has 0 unspecified atom stereocenters. The van der Waals surface area contributed by atoms with E-state index < -0.39 is 5.97 Å². The van der Waals surface area contributed by atoms with E-state index in [1.54, 1.807) is 0 Å². The molecule has 0 atom stereocenters. The van der Waals surface area contributed by atoms with Crippen LogP contribution in [-0.2, 0) is 4.79 Å². The molecule has 5 rings (SSSR count). The summed E-state index contributed by atoms with van der Waals surface area (Å²) in [5, 5.41) is 13.1. The maximum atomic E-state index is 11.0. The molecule has 0 spiro atoms. The Morgan fingerprint density at radius 3 is 1.90 bits per heavy atom. The van der Waals surface area contributed by atoms with Crippen LogP contribution in [0.3, 0.4) is 0 Å². The minimum atomic E-state index is -0.585. The van der Waals surface area contributed by atoms with E-state index in [-0.39, 0.29) is 5.92 Å². The second kappa shape index (κ2) is 5.01. The van der Waals surface area contributed by atoms with Gasteiger partial charge in [-0.15, -0.1) is 0 Å². The number of rotatable bonds is 3. The topological polar surface area (TPSA) is 49.3 Å². The molecule has 3 heteroatoms. The fraction of sp³-hybridized carbons (Fsp3) is 0.941. The van der Waals surface area contributed by atoms with Gasteiger partial charge in [0.15, 0.2) is 0 Å². The molecule has 4 bridgehead atoms. The standard InChI is InChI=1S/C17H27NO2/c19-17(20)12-1-3-15(4-2-12)18-16-13-6-10-5-11(8-13)9-14(16)7-10/h10-16,18H,1-9H2,(H,19,20). The van der Waals surface area contributed by atoms with Crippen LogP contribution in [0.2, 0.25) is 0 Å². The third-order valence-corrected chi connectivity index (χ3v) is 6.73. The Balaban J connectivity index is 1.35. The van der Waals surface area contributed by atoms with Gasteiger partial charge in [-0.25, -0.2) is 0 Å². The number of hydrogen-bond donors (Lipinski definition) is 2. The van der Waals surface area contributed by atoms with Crippen LogP contribution in [0.5, 0.6) is 0 Å². The number of carboxylic acids is 1. The molecule has 0 amide bonds. The highest BCUT2D eigenvalue weighted by atomic mass is 16.4.